The number of aryl methyl sites for hydroxylation is 1. The van der Waals surface area contributed by atoms with E-state index < -0.39 is 0 Å². The van der Waals surface area contributed by atoms with Gasteiger partial charge in [0.15, 0.2) is 0 Å². The van der Waals surface area contributed by atoms with Crippen molar-refractivity contribution in [2.75, 3.05) is 5.32 Å². The van der Waals surface area contributed by atoms with Crippen molar-refractivity contribution >= 4 is 34.0 Å². The first kappa shape index (κ1) is 14.0. The fourth-order valence-corrected chi connectivity index (χ4v) is 2.55. The molecule has 1 N–H and O–H groups in total. The van der Waals surface area contributed by atoms with Crippen LogP contribution in [-0.2, 0) is 17.6 Å². The second kappa shape index (κ2) is 6.63. The van der Waals surface area contributed by atoms with E-state index in [0.717, 1.165) is 23.4 Å². The Kier molecular flexibility index (Phi) is 4.87. The average molecular weight is 296 g/mol. The van der Waals surface area contributed by atoms with Gasteiger partial charge in [-0.05, 0) is 24.1 Å². The molecule has 0 aliphatic heterocycles. The molecule has 0 saturated heterocycles. The second-order valence-electron chi connectivity index (χ2n) is 4.10. The van der Waals surface area contributed by atoms with Crippen LogP contribution in [0.25, 0.3) is 0 Å². The quantitative estimate of drug-likeness (QED) is 0.920. The van der Waals surface area contributed by atoms with Crippen molar-refractivity contribution in [1.29, 1.82) is 0 Å². The summed E-state index contributed by atoms with van der Waals surface area (Å²) in [6.45, 7) is 2.08. The molecule has 6 heteroatoms. The van der Waals surface area contributed by atoms with Crippen LogP contribution in [-0.4, -0.2) is 16.1 Å². The third-order valence-corrected chi connectivity index (χ3v) is 3.61. The minimum Gasteiger partial charge on any atom is -0.300 e. The maximum absolute atomic E-state index is 11.8. The molecule has 2 rings (SSSR count). The molecule has 0 bridgehead atoms. The molecule has 1 heterocycles. The predicted molar refractivity (Wildman–Crippen MR) is 77.7 cm³/mol. The smallest absolute Gasteiger partial charge is 0.230 e. The van der Waals surface area contributed by atoms with Crippen LogP contribution in [0, 0.1) is 0 Å². The van der Waals surface area contributed by atoms with Crippen molar-refractivity contribution in [2.24, 2.45) is 0 Å². The van der Waals surface area contributed by atoms with Crippen LogP contribution in [0.4, 0.5) is 5.13 Å². The zero-order valence-electron chi connectivity index (χ0n) is 10.5. The topological polar surface area (TPSA) is 54.9 Å². The number of nitrogens with zero attached hydrogens (tertiary/aromatic N) is 2. The fraction of sp³-hybridized carbons (Fsp3) is 0.308. The average Bonchev–Trinajstić information content (AvgIpc) is 2.80. The molecular formula is C13H14ClN3OS. The Morgan fingerprint density at radius 2 is 2.05 bits per heavy atom. The maximum Gasteiger partial charge on any atom is 0.230 e. The summed E-state index contributed by atoms with van der Waals surface area (Å²) < 4.78 is 0. The van der Waals surface area contributed by atoms with Gasteiger partial charge in [0.1, 0.15) is 5.01 Å². The van der Waals surface area contributed by atoms with Crippen molar-refractivity contribution in [3.8, 4) is 0 Å². The van der Waals surface area contributed by atoms with E-state index in [2.05, 4.69) is 22.4 Å². The monoisotopic (exact) mass is 295 g/mol. The number of hydrogen-bond acceptors (Lipinski definition) is 4. The lowest BCUT2D eigenvalue weighted by Crippen LogP contribution is -2.14. The van der Waals surface area contributed by atoms with Crippen molar-refractivity contribution in [2.45, 2.75) is 26.2 Å². The van der Waals surface area contributed by atoms with E-state index in [4.69, 9.17) is 11.6 Å². The lowest BCUT2D eigenvalue weighted by molar-refractivity contribution is -0.115. The second-order valence-corrected chi connectivity index (χ2v) is 5.60. The van der Waals surface area contributed by atoms with Crippen molar-refractivity contribution in [1.82, 2.24) is 10.2 Å². The number of hydrogen-bond donors (Lipinski definition) is 1. The molecule has 0 unspecified atom stereocenters. The first-order valence-electron chi connectivity index (χ1n) is 6.04. The summed E-state index contributed by atoms with van der Waals surface area (Å²) in [7, 11) is 0. The number of halogens is 1. The van der Waals surface area contributed by atoms with Crippen molar-refractivity contribution in [3.63, 3.8) is 0 Å². The number of nitrogens with one attached hydrogen (secondary N) is 1. The molecule has 1 aromatic carbocycles. The summed E-state index contributed by atoms with van der Waals surface area (Å²) in [5, 5.41) is 12.9. The molecule has 19 heavy (non-hydrogen) atoms. The highest BCUT2D eigenvalue weighted by atomic mass is 35.5. The summed E-state index contributed by atoms with van der Waals surface area (Å²) >= 11 is 7.22. The molecule has 1 aromatic heterocycles. The number of aromatic nitrogens is 2. The Labute approximate surface area is 120 Å². The van der Waals surface area contributed by atoms with Gasteiger partial charge in [-0.15, -0.1) is 10.2 Å². The lowest BCUT2D eigenvalue weighted by atomic mass is 10.1. The Balaban J connectivity index is 1.91. The number of amides is 1. The van der Waals surface area contributed by atoms with Crippen LogP contribution in [0.1, 0.15) is 23.9 Å². The first-order chi connectivity index (χ1) is 9.17. The van der Waals surface area contributed by atoms with E-state index in [1.807, 2.05) is 12.1 Å². The summed E-state index contributed by atoms with van der Waals surface area (Å²) in [5.41, 5.74) is 0.917. The van der Waals surface area contributed by atoms with Gasteiger partial charge in [-0.3, -0.25) is 4.79 Å². The summed E-state index contributed by atoms with van der Waals surface area (Å²) in [4.78, 5) is 11.8. The predicted octanol–water partition coefficient (Wildman–Crippen LogP) is 3.33. The zero-order chi connectivity index (χ0) is 13.7. The molecule has 4 nitrogen and oxygen atoms in total. The van der Waals surface area contributed by atoms with E-state index >= 15 is 0 Å². The zero-order valence-corrected chi connectivity index (χ0v) is 12.1. The molecule has 0 radical (unpaired) electrons. The highest BCUT2D eigenvalue weighted by Crippen LogP contribution is 2.17. The van der Waals surface area contributed by atoms with Gasteiger partial charge in [-0.1, -0.05) is 42.0 Å². The van der Waals surface area contributed by atoms with Crippen LogP contribution < -0.4 is 5.32 Å². The molecule has 100 valence electrons. The first-order valence-corrected chi connectivity index (χ1v) is 7.23. The van der Waals surface area contributed by atoms with Gasteiger partial charge in [0, 0.05) is 11.4 Å². The number of carbonyl (C=O) groups is 1. The van der Waals surface area contributed by atoms with Gasteiger partial charge >= 0.3 is 0 Å². The van der Waals surface area contributed by atoms with E-state index in [9.17, 15) is 4.79 Å². The van der Waals surface area contributed by atoms with Gasteiger partial charge < -0.3 is 5.32 Å². The molecular weight excluding hydrogens is 282 g/mol. The van der Waals surface area contributed by atoms with Crippen LogP contribution in [0.15, 0.2) is 24.3 Å². The van der Waals surface area contributed by atoms with Crippen LogP contribution in [0.2, 0.25) is 5.02 Å². The molecule has 0 atom stereocenters. The molecule has 0 aliphatic rings. The molecule has 0 fully saturated rings. The Hall–Kier alpha value is -1.46. The third-order valence-electron chi connectivity index (χ3n) is 2.46. The highest BCUT2D eigenvalue weighted by molar-refractivity contribution is 7.15. The summed E-state index contributed by atoms with van der Waals surface area (Å²) in [6.07, 6.45) is 2.22. The molecule has 1 amide bonds. The van der Waals surface area contributed by atoms with Gasteiger partial charge in [0.05, 0.1) is 6.42 Å². The highest BCUT2D eigenvalue weighted by Gasteiger charge is 2.08. The van der Waals surface area contributed by atoms with E-state index in [0.29, 0.717) is 16.6 Å². The maximum atomic E-state index is 11.8. The lowest BCUT2D eigenvalue weighted by Gasteiger charge is -2.01. The normalized spacial score (nSPS) is 10.4. The number of benzene rings is 1. The van der Waals surface area contributed by atoms with Crippen LogP contribution >= 0.6 is 22.9 Å². The standard InChI is InChI=1S/C13H14ClN3OS/c1-2-3-12-16-17-13(19-12)15-11(18)8-9-4-6-10(14)7-5-9/h4-7H,2-3,8H2,1H3,(H,15,17,18). The Morgan fingerprint density at radius 1 is 1.32 bits per heavy atom. The van der Waals surface area contributed by atoms with Crippen LogP contribution in [0.3, 0.4) is 0 Å². The number of anilines is 1. The number of rotatable bonds is 5. The van der Waals surface area contributed by atoms with E-state index in [1.54, 1.807) is 12.1 Å². The van der Waals surface area contributed by atoms with Crippen molar-refractivity contribution < 1.29 is 4.79 Å². The summed E-state index contributed by atoms with van der Waals surface area (Å²) in [6, 6.07) is 7.22. The SMILES string of the molecule is CCCc1nnc(NC(=O)Cc2ccc(Cl)cc2)s1. The molecule has 2 aromatic rings. The molecule has 0 aliphatic carbocycles. The van der Waals surface area contributed by atoms with E-state index in [1.165, 1.54) is 11.3 Å². The van der Waals surface area contributed by atoms with Gasteiger partial charge in [-0.2, -0.15) is 0 Å². The number of carbonyl (C=O) groups excluding carboxylic acids is 1. The largest absolute Gasteiger partial charge is 0.300 e. The minimum absolute atomic E-state index is 0.0958. The molecule has 0 saturated carbocycles. The third kappa shape index (κ3) is 4.29. The van der Waals surface area contributed by atoms with Gasteiger partial charge in [0.25, 0.3) is 0 Å². The van der Waals surface area contributed by atoms with E-state index in [-0.39, 0.29) is 5.91 Å². The van der Waals surface area contributed by atoms with Crippen LogP contribution in [0.5, 0.6) is 0 Å². The summed E-state index contributed by atoms with van der Waals surface area (Å²) in [5.74, 6) is -0.0958. The van der Waals surface area contributed by atoms with Crippen molar-refractivity contribution in [3.05, 3.63) is 39.9 Å². The minimum atomic E-state index is -0.0958. The Morgan fingerprint density at radius 3 is 2.74 bits per heavy atom. The van der Waals surface area contributed by atoms with Gasteiger partial charge in [-0.25, -0.2) is 0 Å². The molecule has 0 spiro atoms. The Bertz CT molecular complexity index is 553. The fourth-order valence-electron chi connectivity index (χ4n) is 1.57. The van der Waals surface area contributed by atoms with Gasteiger partial charge in [0.2, 0.25) is 11.0 Å².